The Kier molecular flexibility index (Phi) is 4.37. The normalized spacial score (nSPS) is 20.7. The van der Waals surface area contributed by atoms with E-state index in [4.69, 9.17) is 0 Å². The number of hydrogen-bond acceptors (Lipinski definition) is 3. The summed E-state index contributed by atoms with van der Waals surface area (Å²) in [6.45, 7) is 1.58. The predicted molar refractivity (Wildman–Crippen MR) is 69.5 cm³/mol. The van der Waals surface area contributed by atoms with Crippen molar-refractivity contribution in [2.75, 3.05) is 6.54 Å². The average Bonchev–Trinajstić information content (AvgIpc) is 2.73. The summed E-state index contributed by atoms with van der Waals surface area (Å²) in [5.74, 6) is 0.125. The van der Waals surface area contributed by atoms with Crippen LogP contribution >= 0.6 is 27.3 Å². The molecule has 1 aromatic rings. The standard InChI is InChI=1S/C11H15BrN2OS/c12-8-4-6-16-10(8)7-14-11(15)9-3-1-2-5-13-9/h4,6,9,13H,1-3,5,7H2,(H,14,15)/t9-/m1/s1. The van der Waals surface area contributed by atoms with E-state index in [1.165, 1.54) is 11.3 Å². The molecule has 1 saturated heterocycles. The Labute approximate surface area is 108 Å². The minimum Gasteiger partial charge on any atom is -0.350 e. The monoisotopic (exact) mass is 302 g/mol. The van der Waals surface area contributed by atoms with E-state index in [0.29, 0.717) is 6.54 Å². The van der Waals surface area contributed by atoms with Crippen molar-refractivity contribution in [3.8, 4) is 0 Å². The molecule has 1 aromatic heterocycles. The number of hydrogen-bond donors (Lipinski definition) is 2. The molecule has 1 amide bonds. The fourth-order valence-corrected chi connectivity index (χ4v) is 3.25. The lowest BCUT2D eigenvalue weighted by Crippen LogP contribution is -2.46. The highest BCUT2D eigenvalue weighted by Crippen LogP contribution is 2.22. The van der Waals surface area contributed by atoms with Crippen molar-refractivity contribution < 1.29 is 4.79 Å². The number of piperidine rings is 1. The second kappa shape index (κ2) is 5.80. The highest BCUT2D eigenvalue weighted by atomic mass is 79.9. The molecule has 3 nitrogen and oxygen atoms in total. The first-order chi connectivity index (χ1) is 7.77. The van der Waals surface area contributed by atoms with Gasteiger partial charge in [-0.25, -0.2) is 0 Å². The lowest BCUT2D eigenvalue weighted by atomic mass is 10.0. The van der Waals surface area contributed by atoms with Crippen LogP contribution in [-0.2, 0) is 11.3 Å². The third-order valence-electron chi connectivity index (χ3n) is 2.74. The summed E-state index contributed by atoms with van der Waals surface area (Å²) in [4.78, 5) is 13.0. The van der Waals surface area contributed by atoms with Gasteiger partial charge in [-0.15, -0.1) is 11.3 Å². The third kappa shape index (κ3) is 3.06. The van der Waals surface area contributed by atoms with Crippen molar-refractivity contribution >= 4 is 33.2 Å². The van der Waals surface area contributed by atoms with Crippen LogP contribution in [0.15, 0.2) is 15.9 Å². The summed E-state index contributed by atoms with van der Waals surface area (Å²) < 4.78 is 1.08. The van der Waals surface area contributed by atoms with Gasteiger partial charge in [-0.05, 0) is 46.8 Å². The molecule has 1 aliphatic heterocycles. The Hall–Kier alpha value is -0.390. The Morgan fingerprint density at radius 3 is 3.12 bits per heavy atom. The summed E-state index contributed by atoms with van der Waals surface area (Å²) in [6, 6.07) is 2.01. The highest BCUT2D eigenvalue weighted by molar-refractivity contribution is 9.10. The molecule has 1 atom stereocenters. The van der Waals surface area contributed by atoms with Crippen LogP contribution < -0.4 is 10.6 Å². The SMILES string of the molecule is O=C(NCc1sccc1Br)[C@H]1CCCCN1. The first-order valence-corrected chi connectivity index (χ1v) is 7.17. The van der Waals surface area contributed by atoms with Crippen molar-refractivity contribution in [1.29, 1.82) is 0 Å². The largest absolute Gasteiger partial charge is 0.350 e. The van der Waals surface area contributed by atoms with Crippen molar-refractivity contribution in [1.82, 2.24) is 10.6 Å². The maximum Gasteiger partial charge on any atom is 0.237 e. The van der Waals surface area contributed by atoms with Crippen molar-refractivity contribution in [3.05, 3.63) is 20.8 Å². The quantitative estimate of drug-likeness (QED) is 0.899. The number of nitrogens with one attached hydrogen (secondary N) is 2. The van der Waals surface area contributed by atoms with Gasteiger partial charge in [-0.3, -0.25) is 4.79 Å². The Bertz CT molecular complexity index is 361. The zero-order chi connectivity index (χ0) is 11.4. The molecule has 0 unspecified atom stereocenters. The predicted octanol–water partition coefficient (Wildman–Crippen LogP) is 2.27. The van der Waals surface area contributed by atoms with E-state index in [-0.39, 0.29) is 11.9 Å². The zero-order valence-corrected chi connectivity index (χ0v) is 11.4. The highest BCUT2D eigenvalue weighted by Gasteiger charge is 2.20. The minimum absolute atomic E-state index is 0.00693. The molecule has 0 saturated carbocycles. The second-order valence-electron chi connectivity index (χ2n) is 3.91. The lowest BCUT2D eigenvalue weighted by Gasteiger charge is -2.22. The van der Waals surface area contributed by atoms with Gasteiger partial charge in [-0.1, -0.05) is 6.42 Å². The van der Waals surface area contributed by atoms with E-state index in [1.54, 1.807) is 11.3 Å². The van der Waals surface area contributed by atoms with Crippen LogP contribution in [-0.4, -0.2) is 18.5 Å². The second-order valence-corrected chi connectivity index (χ2v) is 5.77. The van der Waals surface area contributed by atoms with Gasteiger partial charge in [0, 0.05) is 9.35 Å². The average molecular weight is 303 g/mol. The molecule has 2 rings (SSSR count). The maximum atomic E-state index is 11.8. The Morgan fingerprint density at radius 1 is 1.62 bits per heavy atom. The van der Waals surface area contributed by atoms with Crippen LogP contribution in [0.2, 0.25) is 0 Å². The first kappa shape index (κ1) is 12.1. The van der Waals surface area contributed by atoms with Crippen molar-refractivity contribution in [2.45, 2.75) is 31.8 Å². The van der Waals surface area contributed by atoms with Gasteiger partial charge < -0.3 is 10.6 Å². The number of halogens is 1. The van der Waals surface area contributed by atoms with Gasteiger partial charge in [0.15, 0.2) is 0 Å². The van der Waals surface area contributed by atoms with Crippen LogP contribution in [0, 0.1) is 0 Å². The van der Waals surface area contributed by atoms with E-state index in [9.17, 15) is 4.79 Å². The molecule has 0 spiro atoms. The van der Waals surface area contributed by atoms with Gasteiger partial charge in [0.25, 0.3) is 0 Å². The van der Waals surface area contributed by atoms with Gasteiger partial charge in [-0.2, -0.15) is 0 Å². The molecule has 2 heterocycles. The van der Waals surface area contributed by atoms with Crippen molar-refractivity contribution in [2.24, 2.45) is 0 Å². The summed E-state index contributed by atoms with van der Waals surface area (Å²) in [7, 11) is 0. The number of carbonyl (C=O) groups is 1. The molecular weight excluding hydrogens is 288 g/mol. The molecule has 1 fully saturated rings. The molecule has 1 aliphatic rings. The molecule has 0 aliphatic carbocycles. The lowest BCUT2D eigenvalue weighted by molar-refractivity contribution is -0.123. The zero-order valence-electron chi connectivity index (χ0n) is 8.96. The van der Waals surface area contributed by atoms with E-state index in [0.717, 1.165) is 23.9 Å². The topological polar surface area (TPSA) is 41.1 Å². The Balaban J connectivity index is 1.81. The molecule has 16 heavy (non-hydrogen) atoms. The fraction of sp³-hybridized carbons (Fsp3) is 0.545. The fourth-order valence-electron chi connectivity index (χ4n) is 1.82. The molecule has 5 heteroatoms. The van der Waals surface area contributed by atoms with Gasteiger partial charge in [0.1, 0.15) is 0 Å². The molecular formula is C11H15BrN2OS. The maximum absolute atomic E-state index is 11.8. The summed E-state index contributed by atoms with van der Waals surface area (Å²) in [5.41, 5.74) is 0. The van der Waals surface area contributed by atoms with Gasteiger partial charge in [0.2, 0.25) is 5.91 Å². The Morgan fingerprint density at radius 2 is 2.50 bits per heavy atom. The summed E-state index contributed by atoms with van der Waals surface area (Å²) in [5, 5.41) is 8.24. The summed E-state index contributed by atoms with van der Waals surface area (Å²) >= 11 is 5.11. The number of amides is 1. The van der Waals surface area contributed by atoms with E-state index >= 15 is 0 Å². The van der Waals surface area contributed by atoms with Crippen LogP contribution in [0.25, 0.3) is 0 Å². The van der Waals surface area contributed by atoms with E-state index in [1.807, 2.05) is 11.4 Å². The molecule has 0 bridgehead atoms. The van der Waals surface area contributed by atoms with Gasteiger partial charge >= 0.3 is 0 Å². The molecule has 2 N–H and O–H groups in total. The third-order valence-corrected chi connectivity index (χ3v) is 4.67. The van der Waals surface area contributed by atoms with Crippen LogP contribution in [0.5, 0.6) is 0 Å². The molecule has 88 valence electrons. The van der Waals surface area contributed by atoms with E-state index < -0.39 is 0 Å². The number of carbonyl (C=O) groups excluding carboxylic acids is 1. The molecule has 0 radical (unpaired) electrons. The number of rotatable bonds is 3. The van der Waals surface area contributed by atoms with Crippen LogP contribution in [0.3, 0.4) is 0 Å². The van der Waals surface area contributed by atoms with Crippen molar-refractivity contribution in [3.63, 3.8) is 0 Å². The van der Waals surface area contributed by atoms with Crippen LogP contribution in [0.1, 0.15) is 24.1 Å². The number of thiophene rings is 1. The first-order valence-electron chi connectivity index (χ1n) is 5.50. The van der Waals surface area contributed by atoms with Gasteiger partial charge in [0.05, 0.1) is 12.6 Å². The smallest absolute Gasteiger partial charge is 0.237 e. The van der Waals surface area contributed by atoms with E-state index in [2.05, 4.69) is 26.6 Å². The van der Waals surface area contributed by atoms with Crippen LogP contribution in [0.4, 0.5) is 0 Å². The summed E-state index contributed by atoms with van der Waals surface area (Å²) in [6.07, 6.45) is 3.28. The molecule has 0 aromatic carbocycles. The minimum atomic E-state index is 0.00693.